The lowest BCUT2D eigenvalue weighted by Gasteiger charge is -2.29. The van der Waals surface area contributed by atoms with Gasteiger partial charge in [0, 0.05) is 17.5 Å². The molecule has 4 rings (SSSR count). The lowest BCUT2D eigenvalue weighted by atomic mass is 9.95. The van der Waals surface area contributed by atoms with Crippen LogP contribution >= 0.6 is 0 Å². The molecular formula is C18H22N4O2. The molecule has 0 atom stereocenters. The Labute approximate surface area is 140 Å². The molecule has 126 valence electrons. The average Bonchev–Trinajstić information content (AvgIpc) is 3.09. The topological polar surface area (TPSA) is 86.9 Å². The first-order valence-electron chi connectivity index (χ1n) is 8.70. The molecule has 0 unspecified atom stereocenters. The van der Waals surface area contributed by atoms with Crippen LogP contribution in [0.25, 0.3) is 10.9 Å². The third kappa shape index (κ3) is 2.88. The van der Waals surface area contributed by atoms with E-state index in [0.717, 1.165) is 30.3 Å². The van der Waals surface area contributed by atoms with Crippen LogP contribution in [-0.2, 0) is 4.79 Å². The molecule has 2 amide bonds. The van der Waals surface area contributed by atoms with Crippen LogP contribution in [0.1, 0.15) is 48.9 Å². The third-order valence-corrected chi connectivity index (χ3v) is 5.20. The molecule has 0 spiro atoms. The highest BCUT2D eigenvalue weighted by molar-refractivity contribution is 6.01. The van der Waals surface area contributed by atoms with Crippen LogP contribution in [0.2, 0.25) is 0 Å². The van der Waals surface area contributed by atoms with Crippen molar-refractivity contribution in [2.45, 2.75) is 44.1 Å². The summed E-state index contributed by atoms with van der Waals surface area (Å²) in [6.45, 7) is 0.734. The van der Waals surface area contributed by atoms with Crippen molar-refractivity contribution < 1.29 is 9.59 Å². The summed E-state index contributed by atoms with van der Waals surface area (Å²) in [5, 5.41) is 13.8. The number of amides is 2. The highest BCUT2D eigenvalue weighted by Gasteiger charge is 2.42. The molecule has 6 heteroatoms. The van der Waals surface area contributed by atoms with Gasteiger partial charge < -0.3 is 10.6 Å². The molecule has 2 fully saturated rings. The molecule has 1 aromatic carbocycles. The number of hydrogen-bond donors (Lipinski definition) is 3. The second-order valence-corrected chi connectivity index (χ2v) is 7.07. The van der Waals surface area contributed by atoms with E-state index in [1.165, 1.54) is 12.8 Å². The maximum Gasteiger partial charge on any atom is 0.252 e. The maximum atomic E-state index is 12.7. The fourth-order valence-corrected chi connectivity index (χ4v) is 3.49. The zero-order valence-electron chi connectivity index (χ0n) is 13.6. The van der Waals surface area contributed by atoms with Crippen molar-refractivity contribution in [1.82, 2.24) is 20.8 Å². The lowest BCUT2D eigenvalue weighted by Crippen LogP contribution is -2.57. The van der Waals surface area contributed by atoms with Gasteiger partial charge >= 0.3 is 0 Å². The number of rotatable bonds is 5. The van der Waals surface area contributed by atoms with Gasteiger partial charge in [0.2, 0.25) is 5.91 Å². The van der Waals surface area contributed by atoms with Gasteiger partial charge in [0.15, 0.2) is 0 Å². The van der Waals surface area contributed by atoms with E-state index in [2.05, 4.69) is 20.8 Å². The molecule has 1 aromatic heterocycles. The summed E-state index contributed by atoms with van der Waals surface area (Å²) in [7, 11) is 0. The van der Waals surface area contributed by atoms with Crippen LogP contribution in [-0.4, -0.2) is 34.1 Å². The molecule has 2 aliphatic rings. The first kappa shape index (κ1) is 15.2. The van der Waals surface area contributed by atoms with Crippen molar-refractivity contribution in [1.29, 1.82) is 0 Å². The normalized spacial score (nSPS) is 19.3. The third-order valence-electron chi connectivity index (χ3n) is 5.20. The summed E-state index contributed by atoms with van der Waals surface area (Å²) in [5.41, 5.74) is 0.701. The van der Waals surface area contributed by atoms with Gasteiger partial charge in [0.1, 0.15) is 5.54 Å². The SMILES string of the molecule is O=C(NC1(C(=O)NCC2CC2)CCCC1)c1ccc2[nH]ncc2c1. The highest BCUT2D eigenvalue weighted by Crippen LogP contribution is 2.32. The Morgan fingerprint density at radius 2 is 2.04 bits per heavy atom. The molecule has 2 aliphatic carbocycles. The maximum absolute atomic E-state index is 12.7. The van der Waals surface area contributed by atoms with E-state index in [1.807, 2.05) is 6.07 Å². The summed E-state index contributed by atoms with van der Waals surface area (Å²) in [6.07, 6.45) is 7.46. The van der Waals surface area contributed by atoms with Gasteiger partial charge in [0.05, 0.1) is 11.7 Å². The number of aromatic nitrogens is 2. The Morgan fingerprint density at radius 3 is 2.79 bits per heavy atom. The van der Waals surface area contributed by atoms with Gasteiger partial charge in [-0.3, -0.25) is 14.7 Å². The lowest BCUT2D eigenvalue weighted by molar-refractivity contribution is -0.127. The van der Waals surface area contributed by atoms with Crippen LogP contribution in [0.15, 0.2) is 24.4 Å². The standard InChI is InChI=1S/C18H22N4O2/c23-16(13-5-6-15-14(9-13)11-20-22-15)21-18(7-1-2-8-18)17(24)19-10-12-3-4-12/h5-6,9,11-12H,1-4,7-8,10H2,(H,19,24)(H,20,22)(H,21,23). The number of fused-ring (bicyclic) bond motifs is 1. The zero-order valence-corrected chi connectivity index (χ0v) is 13.6. The van der Waals surface area contributed by atoms with Gasteiger partial charge in [-0.05, 0) is 49.8 Å². The second kappa shape index (κ2) is 5.92. The Bertz CT molecular complexity index is 772. The zero-order chi connectivity index (χ0) is 16.6. The monoisotopic (exact) mass is 326 g/mol. The van der Waals surface area contributed by atoms with Gasteiger partial charge in [0.25, 0.3) is 5.91 Å². The number of nitrogens with one attached hydrogen (secondary N) is 3. The smallest absolute Gasteiger partial charge is 0.252 e. The van der Waals surface area contributed by atoms with Crippen molar-refractivity contribution in [2.75, 3.05) is 6.54 Å². The Hall–Kier alpha value is -2.37. The van der Waals surface area contributed by atoms with Gasteiger partial charge in [-0.2, -0.15) is 5.10 Å². The van der Waals surface area contributed by atoms with Crippen LogP contribution in [0.3, 0.4) is 0 Å². The number of H-pyrrole nitrogens is 1. The molecule has 0 bridgehead atoms. The quantitative estimate of drug-likeness (QED) is 0.786. The van der Waals surface area contributed by atoms with E-state index in [4.69, 9.17) is 0 Å². The molecule has 2 saturated carbocycles. The summed E-state index contributed by atoms with van der Waals surface area (Å²) < 4.78 is 0. The van der Waals surface area contributed by atoms with Crippen LogP contribution in [0.4, 0.5) is 0 Å². The van der Waals surface area contributed by atoms with Crippen LogP contribution in [0, 0.1) is 5.92 Å². The molecule has 0 saturated heterocycles. The van der Waals surface area contributed by atoms with Crippen molar-refractivity contribution in [2.24, 2.45) is 5.92 Å². The fraction of sp³-hybridized carbons (Fsp3) is 0.500. The minimum atomic E-state index is -0.753. The first-order chi connectivity index (χ1) is 11.7. The van der Waals surface area contributed by atoms with Crippen molar-refractivity contribution in [3.63, 3.8) is 0 Å². The summed E-state index contributed by atoms with van der Waals surface area (Å²) in [5.74, 6) is 0.415. The first-order valence-corrected chi connectivity index (χ1v) is 8.70. The predicted octanol–water partition coefficient (Wildman–Crippen LogP) is 2.13. The van der Waals surface area contributed by atoms with E-state index >= 15 is 0 Å². The number of carbonyl (C=O) groups is 2. The summed E-state index contributed by atoms with van der Waals surface area (Å²) >= 11 is 0. The minimum Gasteiger partial charge on any atom is -0.354 e. The molecule has 24 heavy (non-hydrogen) atoms. The fourth-order valence-electron chi connectivity index (χ4n) is 3.49. The van der Waals surface area contributed by atoms with E-state index in [9.17, 15) is 9.59 Å². The Kier molecular flexibility index (Phi) is 3.75. The minimum absolute atomic E-state index is 0.0235. The van der Waals surface area contributed by atoms with Crippen molar-refractivity contribution >= 4 is 22.7 Å². The van der Waals surface area contributed by atoms with E-state index in [0.29, 0.717) is 24.3 Å². The number of carbonyl (C=O) groups excluding carboxylic acids is 2. The van der Waals surface area contributed by atoms with Crippen LogP contribution < -0.4 is 10.6 Å². The highest BCUT2D eigenvalue weighted by atomic mass is 16.2. The molecule has 0 aliphatic heterocycles. The summed E-state index contributed by atoms with van der Waals surface area (Å²) in [4.78, 5) is 25.4. The molecular weight excluding hydrogens is 304 g/mol. The molecule has 3 N–H and O–H groups in total. The Morgan fingerprint density at radius 1 is 1.25 bits per heavy atom. The van der Waals surface area contributed by atoms with Gasteiger partial charge in [-0.15, -0.1) is 0 Å². The van der Waals surface area contributed by atoms with Crippen LogP contribution in [0.5, 0.6) is 0 Å². The number of aromatic amines is 1. The van der Waals surface area contributed by atoms with Crippen molar-refractivity contribution in [3.8, 4) is 0 Å². The van der Waals surface area contributed by atoms with E-state index < -0.39 is 5.54 Å². The molecule has 6 nitrogen and oxygen atoms in total. The second-order valence-electron chi connectivity index (χ2n) is 7.07. The predicted molar refractivity (Wildman–Crippen MR) is 90.5 cm³/mol. The van der Waals surface area contributed by atoms with Crippen molar-refractivity contribution in [3.05, 3.63) is 30.0 Å². The van der Waals surface area contributed by atoms with E-state index in [-0.39, 0.29) is 11.8 Å². The Balaban J connectivity index is 1.50. The van der Waals surface area contributed by atoms with Gasteiger partial charge in [-0.25, -0.2) is 0 Å². The summed E-state index contributed by atoms with van der Waals surface area (Å²) in [6, 6.07) is 5.41. The average molecular weight is 326 g/mol. The number of nitrogens with zero attached hydrogens (tertiary/aromatic N) is 1. The van der Waals surface area contributed by atoms with E-state index in [1.54, 1.807) is 18.3 Å². The largest absolute Gasteiger partial charge is 0.354 e. The number of hydrogen-bond acceptors (Lipinski definition) is 3. The molecule has 2 aromatic rings. The number of benzene rings is 1. The molecule has 0 radical (unpaired) electrons. The molecule has 1 heterocycles. The van der Waals surface area contributed by atoms with Gasteiger partial charge in [-0.1, -0.05) is 12.8 Å².